The van der Waals surface area contributed by atoms with Crippen LogP contribution in [0.15, 0.2) is 48.8 Å². The summed E-state index contributed by atoms with van der Waals surface area (Å²) < 4.78 is 14.5. The van der Waals surface area contributed by atoms with Gasteiger partial charge in [0.2, 0.25) is 23.4 Å². The molecular formula is C25H24N8O3. The normalized spacial score (nSPS) is 15.9. The van der Waals surface area contributed by atoms with Crippen molar-refractivity contribution >= 4 is 34.0 Å². The predicted octanol–water partition coefficient (Wildman–Crippen LogP) is 3.86. The third-order valence-corrected chi connectivity index (χ3v) is 6.24. The Balaban J connectivity index is 1.33. The summed E-state index contributed by atoms with van der Waals surface area (Å²) in [6.45, 7) is 2.75. The van der Waals surface area contributed by atoms with Gasteiger partial charge in [-0.15, -0.1) is 5.10 Å². The molecule has 6 rings (SSSR count). The maximum absolute atomic E-state index is 13.2. The van der Waals surface area contributed by atoms with Gasteiger partial charge in [0.1, 0.15) is 0 Å². The molecule has 1 aromatic carbocycles. The molecule has 4 aromatic heterocycles. The van der Waals surface area contributed by atoms with Gasteiger partial charge in [0.25, 0.3) is 0 Å². The van der Waals surface area contributed by atoms with E-state index in [1.165, 1.54) is 24.0 Å². The van der Waals surface area contributed by atoms with E-state index in [9.17, 15) is 4.79 Å². The van der Waals surface area contributed by atoms with Crippen molar-refractivity contribution in [1.29, 1.82) is 0 Å². The number of carbonyl (C=O) groups excluding carboxylic acids is 1. The molecule has 11 nitrogen and oxygen atoms in total. The molecule has 5 heterocycles. The van der Waals surface area contributed by atoms with E-state index in [2.05, 4.69) is 25.4 Å². The molecule has 5 aromatic rings. The number of rotatable bonds is 6. The maximum atomic E-state index is 13.2. The van der Waals surface area contributed by atoms with Gasteiger partial charge >= 0.3 is 0 Å². The Morgan fingerprint density at radius 2 is 2.00 bits per heavy atom. The van der Waals surface area contributed by atoms with Crippen LogP contribution < -0.4 is 10.1 Å². The first-order valence-corrected chi connectivity index (χ1v) is 11.7. The topological polar surface area (TPSA) is 121 Å². The van der Waals surface area contributed by atoms with Gasteiger partial charge in [0.05, 0.1) is 18.3 Å². The molecule has 0 aliphatic carbocycles. The number of hydrogen-bond donors (Lipinski definition) is 1. The first-order valence-electron chi connectivity index (χ1n) is 11.7. The second-order valence-electron chi connectivity index (χ2n) is 8.60. The zero-order chi connectivity index (χ0) is 24.6. The van der Waals surface area contributed by atoms with E-state index in [4.69, 9.17) is 14.6 Å². The number of aryl methyl sites for hydroxylation is 1. The molecule has 1 fully saturated rings. The fourth-order valence-corrected chi connectivity index (χ4v) is 4.46. The van der Waals surface area contributed by atoms with Gasteiger partial charge in [-0.3, -0.25) is 4.79 Å². The monoisotopic (exact) mass is 484 g/mol. The summed E-state index contributed by atoms with van der Waals surface area (Å²) in [4.78, 5) is 26.0. The second-order valence-corrected chi connectivity index (χ2v) is 8.60. The van der Waals surface area contributed by atoms with Crippen LogP contribution in [0.3, 0.4) is 0 Å². The molecule has 1 unspecified atom stereocenters. The summed E-state index contributed by atoms with van der Waals surface area (Å²) in [6, 6.07) is 10.9. The molecule has 1 aliphatic heterocycles. The second kappa shape index (κ2) is 9.00. The van der Waals surface area contributed by atoms with E-state index in [0.717, 1.165) is 48.2 Å². The maximum Gasteiger partial charge on any atom is 0.247 e. The molecule has 11 heteroatoms. The van der Waals surface area contributed by atoms with Crippen molar-refractivity contribution in [3.8, 4) is 5.88 Å². The van der Waals surface area contributed by atoms with Gasteiger partial charge < -0.3 is 14.8 Å². The van der Waals surface area contributed by atoms with Gasteiger partial charge in [-0.05, 0) is 50.5 Å². The summed E-state index contributed by atoms with van der Waals surface area (Å²) in [6.07, 6.45) is 6.13. The van der Waals surface area contributed by atoms with Crippen LogP contribution in [0.5, 0.6) is 5.88 Å². The number of hydrogen-bond acceptors (Lipinski definition) is 9. The van der Waals surface area contributed by atoms with Crippen molar-refractivity contribution in [2.24, 2.45) is 0 Å². The summed E-state index contributed by atoms with van der Waals surface area (Å²) in [5, 5.41) is 13.6. The number of ketones is 1. The minimum Gasteiger partial charge on any atom is -0.481 e. The lowest BCUT2D eigenvalue weighted by Gasteiger charge is -2.23. The van der Waals surface area contributed by atoms with E-state index >= 15 is 0 Å². The van der Waals surface area contributed by atoms with Crippen molar-refractivity contribution in [3.05, 3.63) is 65.9 Å². The number of pyridine rings is 1. The molecule has 1 atom stereocenters. The van der Waals surface area contributed by atoms with Crippen LogP contribution in [-0.2, 0) is 4.74 Å². The van der Waals surface area contributed by atoms with Crippen LogP contribution >= 0.6 is 0 Å². The lowest BCUT2D eigenvalue weighted by Crippen LogP contribution is -2.19. The summed E-state index contributed by atoms with van der Waals surface area (Å²) in [5.41, 5.74) is 3.63. The van der Waals surface area contributed by atoms with E-state index in [0.29, 0.717) is 23.0 Å². The molecule has 0 bridgehead atoms. The Morgan fingerprint density at radius 1 is 1.11 bits per heavy atom. The lowest BCUT2D eigenvalue weighted by atomic mass is 10.1. The number of benzene rings is 1. The third-order valence-electron chi connectivity index (χ3n) is 6.24. The summed E-state index contributed by atoms with van der Waals surface area (Å²) >= 11 is 0. The number of ether oxygens (including phenoxy) is 2. The third kappa shape index (κ3) is 3.93. The fourth-order valence-electron chi connectivity index (χ4n) is 4.46. The average molecular weight is 485 g/mol. The molecule has 182 valence electrons. The lowest BCUT2D eigenvalue weighted by molar-refractivity contribution is -0.0368. The number of aromatic nitrogens is 7. The van der Waals surface area contributed by atoms with Crippen LogP contribution in [0.1, 0.15) is 47.4 Å². The van der Waals surface area contributed by atoms with Gasteiger partial charge in [0, 0.05) is 47.8 Å². The van der Waals surface area contributed by atoms with Crippen LogP contribution in [0.4, 0.5) is 11.6 Å². The average Bonchev–Trinajstić information content (AvgIpc) is 3.48. The van der Waals surface area contributed by atoms with Crippen molar-refractivity contribution in [3.63, 3.8) is 0 Å². The van der Waals surface area contributed by atoms with Crippen LogP contribution in [0.2, 0.25) is 0 Å². The van der Waals surface area contributed by atoms with Crippen molar-refractivity contribution in [2.75, 3.05) is 19.0 Å². The number of nitrogens with one attached hydrogen (secondary N) is 1. The van der Waals surface area contributed by atoms with Crippen molar-refractivity contribution in [2.45, 2.75) is 32.4 Å². The minimum absolute atomic E-state index is 0.0648. The predicted molar refractivity (Wildman–Crippen MR) is 132 cm³/mol. The highest BCUT2D eigenvalue weighted by Crippen LogP contribution is 2.30. The number of anilines is 2. The molecule has 0 amide bonds. The number of nitrogens with zero attached hydrogens (tertiary/aromatic N) is 7. The first kappa shape index (κ1) is 22.1. The van der Waals surface area contributed by atoms with Crippen LogP contribution in [0, 0.1) is 6.92 Å². The number of carbonyl (C=O) groups is 1. The first-order chi connectivity index (χ1) is 17.6. The molecule has 0 spiro atoms. The number of fused-ring (bicyclic) bond motifs is 2. The van der Waals surface area contributed by atoms with Crippen molar-refractivity contribution in [1.82, 2.24) is 34.3 Å². The molecule has 1 aliphatic rings. The molecule has 0 radical (unpaired) electrons. The molecule has 0 saturated carbocycles. The highest BCUT2D eigenvalue weighted by atomic mass is 16.5. The standard InChI is InChI=1S/C25H24N8O3/c1-15-18-7-6-17(14-19(18)32(30-15)22-5-3-4-12-36-22)28-25-29-20-9-11-27-24(33(20)31-25)23(34)16-8-10-26-21(13-16)35-2/h6-11,13-14,22H,3-5,12H2,1-2H3,(H,28,31). The van der Waals surface area contributed by atoms with Crippen LogP contribution in [0.25, 0.3) is 16.6 Å². The zero-order valence-electron chi connectivity index (χ0n) is 19.9. The minimum atomic E-state index is -0.314. The van der Waals surface area contributed by atoms with Crippen LogP contribution in [-0.4, -0.2) is 53.8 Å². The van der Waals surface area contributed by atoms with Gasteiger partial charge in [-0.1, -0.05) is 0 Å². The smallest absolute Gasteiger partial charge is 0.247 e. The van der Waals surface area contributed by atoms with Gasteiger partial charge in [0.15, 0.2) is 11.9 Å². The molecule has 36 heavy (non-hydrogen) atoms. The SMILES string of the molecule is COc1cc(C(=O)c2nccc3nc(Nc4ccc5c(C)nn(C6CCCCO6)c5c4)nn23)ccn1. The quantitative estimate of drug-likeness (QED) is 0.358. The highest BCUT2D eigenvalue weighted by molar-refractivity contribution is 6.07. The molecule has 1 N–H and O–H groups in total. The Bertz CT molecular complexity index is 1590. The van der Waals surface area contributed by atoms with Gasteiger partial charge in [-0.2, -0.15) is 14.6 Å². The summed E-state index contributed by atoms with van der Waals surface area (Å²) in [5.74, 6) is 0.517. The summed E-state index contributed by atoms with van der Waals surface area (Å²) in [7, 11) is 1.50. The Hall–Kier alpha value is -4.38. The van der Waals surface area contributed by atoms with E-state index < -0.39 is 0 Å². The van der Waals surface area contributed by atoms with Crippen molar-refractivity contribution < 1.29 is 14.3 Å². The zero-order valence-corrected chi connectivity index (χ0v) is 19.9. The Labute approximate surface area is 206 Å². The molecule has 1 saturated heterocycles. The molecular weight excluding hydrogens is 460 g/mol. The van der Waals surface area contributed by atoms with E-state index in [1.807, 2.05) is 29.8 Å². The Morgan fingerprint density at radius 3 is 2.83 bits per heavy atom. The van der Waals surface area contributed by atoms with E-state index in [1.54, 1.807) is 18.2 Å². The van der Waals surface area contributed by atoms with Gasteiger partial charge in [-0.25, -0.2) is 14.6 Å². The highest BCUT2D eigenvalue weighted by Gasteiger charge is 2.21. The number of methoxy groups -OCH3 is 1. The van der Waals surface area contributed by atoms with E-state index in [-0.39, 0.29) is 17.8 Å². The largest absolute Gasteiger partial charge is 0.481 e. The fraction of sp³-hybridized carbons (Fsp3) is 0.280. The Kier molecular flexibility index (Phi) is 5.53.